The van der Waals surface area contributed by atoms with Crippen molar-refractivity contribution in [2.45, 2.75) is 26.3 Å². The molecule has 1 unspecified atom stereocenters. The monoisotopic (exact) mass is 279 g/mol. The lowest BCUT2D eigenvalue weighted by Crippen LogP contribution is -2.22. The minimum atomic E-state index is 0.660. The van der Waals surface area contributed by atoms with Gasteiger partial charge in [-0.3, -0.25) is 4.68 Å². The molecule has 2 aromatic rings. The van der Waals surface area contributed by atoms with E-state index in [4.69, 9.17) is 11.6 Å². The second kappa shape index (κ2) is 6.92. The summed E-state index contributed by atoms with van der Waals surface area (Å²) in [6.45, 7) is 4.04. The Balaban J connectivity index is 1.98. The summed E-state index contributed by atoms with van der Waals surface area (Å²) in [6.07, 6.45) is 2.25. The first-order valence-corrected chi connectivity index (χ1v) is 7.47. The maximum Gasteiger partial charge on any atom is 0.0841 e. The largest absolute Gasteiger partial charge is 0.311 e. The van der Waals surface area contributed by atoms with E-state index in [0.29, 0.717) is 5.92 Å². The first-order valence-electron chi connectivity index (χ1n) is 6.93. The topological polar surface area (TPSA) is 29.9 Å². The Kier molecular flexibility index (Phi) is 5.23. The van der Waals surface area contributed by atoms with Gasteiger partial charge in [0.05, 0.1) is 11.2 Å². The predicted octanol–water partition coefficient (Wildman–Crippen LogP) is 3.32. The van der Waals surface area contributed by atoms with Crippen LogP contribution in [-0.4, -0.2) is 22.2 Å². The average Bonchev–Trinajstić information content (AvgIpc) is 2.75. The number of rotatable bonds is 7. The Morgan fingerprint density at radius 3 is 2.89 bits per heavy atom. The Labute approximate surface area is 119 Å². The van der Waals surface area contributed by atoms with Crippen LogP contribution in [0.4, 0.5) is 0 Å². The van der Waals surface area contributed by atoms with Gasteiger partial charge in [0.1, 0.15) is 0 Å². The molecule has 1 atom stereocenters. The molecule has 2 rings (SSSR count). The molecule has 0 spiro atoms. The molecule has 0 amide bonds. The first-order chi connectivity index (χ1) is 9.26. The Bertz CT molecular complexity index is 521. The van der Waals surface area contributed by atoms with E-state index in [0.717, 1.165) is 31.1 Å². The number of halogens is 1. The summed E-state index contributed by atoms with van der Waals surface area (Å²) in [5.74, 6) is 1.40. The molecule has 0 aliphatic carbocycles. The number of alkyl halides is 1. The summed E-state index contributed by atoms with van der Waals surface area (Å²) >= 11 is 5.81. The number of para-hydroxylation sites is 1. The van der Waals surface area contributed by atoms with Crippen LogP contribution in [0, 0.1) is 5.92 Å². The minimum Gasteiger partial charge on any atom is -0.311 e. The molecule has 0 radical (unpaired) electrons. The summed E-state index contributed by atoms with van der Waals surface area (Å²) in [5.41, 5.74) is 2.31. The van der Waals surface area contributed by atoms with E-state index in [1.54, 1.807) is 0 Å². The van der Waals surface area contributed by atoms with Gasteiger partial charge in [-0.1, -0.05) is 31.5 Å². The molecule has 0 bridgehead atoms. The van der Waals surface area contributed by atoms with Gasteiger partial charge < -0.3 is 5.32 Å². The van der Waals surface area contributed by atoms with Crippen molar-refractivity contribution in [1.82, 2.24) is 15.1 Å². The minimum absolute atomic E-state index is 0.660. The Morgan fingerprint density at radius 2 is 2.16 bits per heavy atom. The second-order valence-corrected chi connectivity index (χ2v) is 5.35. The zero-order valence-electron chi connectivity index (χ0n) is 11.7. The van der Waals surface area contributed by atoms with Crippen LogP contribution in [0.15, 0.2) is 24.3 Å². The van der Waals surface area contributed by atoms with Gasteiger partial charge in [-0.15, -0.1) is 11.6 Å². The van der Waals surface area contributed by atoms with Crippen LogP contribution >= 0.6 is 11.6 Å². The van der Waals surface area contributed by atoms with E-state index in [1.165, 1.54) is 17.3 Å². The fraction of sp³-hybridized carbons (Fsp3) is 0.533. The molecule has 1 heterocycles. The van der Waals surface area contributed by atoms with Gasteiger partial charge in [0.2, 0.25) is 0 Å². The maximum atomic E-state index is 5.81. The standard InChI is InChI=1S/C15H22ClN3/c1-3-12(8-9-16)10-17-11-14-13-6-4-5-7-15(13)19(2)18-14/h4-7,12,17H,3,8-11H2,1-2H3. The lowest BCUT2D eigenvalue weighted by Gasteiger charge is -2.13. The summed E-state index contributed by atoms with van der Waals surface area (Å²) in [6, 6.07) is 8.36. The second-order valence-electron chi connectivity index (χ2n) is 4.97. The van der Waals surface area contributed by atoms with Crippen LogP contribution in [0.2, 0.25) is 0 Å². The van der Waals surface area contributed by atoms with Crippen molar-refractivity contribution in [1.29, 1.82) is 0 Å². The molecule has 0 saturated heterocycles. The van der Waals surface area contributed by atoms with Gasteiger partial charge in [0, 0.05) is 24.9 Å². The SMILES string of the molecule is CCC(CCCl)CNCc1nn(C)c2ccccc12. The smallest absolute Gasteiger partial charge is 0.0841 e. The molecule has 1 aromatic heterocycles. The number of hydrogen-bond acceptors (Lipinski definition) is 2. The third-order valence-electron chi connectivity index (χ3n) is 3.65. The third-order valence-corrected chi connectivity index (χ3v) is 3.87. The molecule has 0 fully saturated rings. The van der Waals surface area contributed by atoms with E-state index in [-0.39, 0.29) is 0 Å². The van der Waals surface area contributed by atoms with E-state index >= 15 is 0 Å². The van der Waals surface area contributed by atoms with Gasteiger partial charge >= 0.3 is 0 Å². The number of nitrogens with one attached hydrogen (secondary N) is 1. The molecule has 1 N–H and O–H groups in total. The number of hydrogen-bond donors (Lipinski definition) is 1. The van der Waals surface area contributed by atoms with Crippen LogP contribution < -0.4 is 5.32 Å². The molecule has 3 nitrogen and oxygen atoms in total. The lowest BCUT2D eigenvalue weighted by atomic mass is 10.0. The van der Waals surface area contributed by atoms with Crippen molar-refractivity contribution in [3.8, 4) is 0 Å². The van der Waals surface area contributed by atoms with Gasteiger partial charge in [-0.2, -0.15) is 5.10 Å². The number of nitrogens with zero attached hydrogens (tertiary/aromatic N) is 2. The number of aromatic nitrogens is 2. The molecular weight excluding hydrogens is 258 g/mol. The fourth-order valence-electron chi connectivity index (χ4n) is 2.42. The highest BCUT2D eigenvalue weighted by molar-refractivity contribution is 6.17. The molecule has 104 valence electrons. The quantitative estimate of drug-likeness (QED) is 0.788. The lowest BCUT2D eigenvalue weighted by molar-refractivity contribution is 0.449. The number of aryl methyl sites for hydroxylation is 1. The zero-order valence-corrected chi connectivity index (χ0v) is 12.5. The van der Waals surface area contributed by atoms with Crippen molar-refractivity contribution in [3.63, 3.8) is 0 Å². The molecule has 4 heteroatoms. The summed E-state index contributed by atoms with van der Waals surface area (Å²) in [7, 11) is 1.99. The molecule has 19 heavy (non-hydrogen) atoms. The first kappa shape index (κ1) is 14.4. The number of benzene rings is 1. The van der Waals surface area contributed by atoms with Crippen LogP contribution in [0.3, 0.4) is 0 Å². The Hall–Kier alpha value is -1.06. The van der Waals surface area contributed by atoms with Crippen molar-refractivity contribution < 1.29 is 0 Å². The van der Waals surface area contributed by atoms with Crippen molar-refractivity contribution in [3.05, 3.63) is 30.0 Å². The van der Waals surface area contributed by atoms with Crippen molar-refractivity contribution in [2.24, 2.45) is 13.0 Å². The van der Waals surface area contributed by atoms with Gasteiger partial charge in [0.25, 0.3) is 0 Å². The third kappa shape index (κ3) is 3.48. The molecule has 0 aliphatic heterocycles. The van der Waals surface area contributed by atoms with Crippen LogP contribution in [-0.2, 0) is 13.6 Å². The summed E-state index contributed by atoms with van der Waals surface area (Å²) in [4.78, 5) is 0. The fourth-order valence-corrected chi connectivity index (χ4v) is 2.73. The van der Waals surface area contributed by atoms with Gasteiger partial charge in [-0.25, -0.2) is 0 Å². The van der Waals surface area contributed by atoms with Crippen molar-refractivity contribution >= 4 is 22.5 Å². The van der Waals surface area contributed by atoms with Crippen LogP contribution in [0.1, 0.15) is 25.5 Å². The van der Waals surface area contributed by atoms with Crippen LogP contribution in [0.5, 0.6) is 0 Å². The van der Waals surface area contributed by atoms with Crippen molar-refractivity contribution in [2.75, 3.05) is 12.4 Å². The van der Waals surface area contributed by atoms with Gasteiger partial charge in [-0.05, 0) is 24.9 Å². The zero-order chi connectivity index (χ0) is 13.7. The highest BCUT2D eigenvalue weighted by Crippen LogP contribution is 2.17. The van der Waals surface area contributed by atoms with Crippen LogP contribution in [0.25, 0.3) is 10.9 Å². The maximum absolute atomic E-state index is 5.81. The number of fused-ring (bicyclic) bond motifs is 1. The van der Waals surface area contributed by atoms with E-state index in [1.807, 2.05) is 11.7 Å². The normalized spacial score (nSPS) is 13.0. The summed E-state index contributed by atoms with van der Waals surface area (Å²) in [5, 5.41) is 9.33. The molecule has 0 aliphatic rings. The van der Waals surface area contributed by atoms with Gasteiger partial charge in [0.15, 0.2) is 0 Å². The average molecular weight is 280 g/mol. The molecule has 1 aromatic carbocycles. The highest BCUT2D eigenvalue weighted by atomic mass is 35.5. The van der Waals surface area contributed by atoms with E-state index in [9.17, 15) is 0 Å². The Morgan fingerprint density at radius 1 is 1.37 bits per heavy atom. The molecular formula is C15H22ClN3. The highest BCUT2D eigenvalue weighted by Gasteiger charge is 2.09. The van der Waals surface area contributed by atoms with E-state index in [2.05, 4.69) is 41.6 Å². The predicted molar refractivity (Wildman–Crippen MR) is 81.5 cm³/mol. The summed E-state index contributed by atoms with van der Waals surface area (Å²) < 4.78 is 1.95. The molecule has 0 saturated carbocycles. The van der Waals surface area contributed by atoms with E-state index < -0.39 is 0 Å².